The van der Waals surface area contributed by atoms with Crippen molar-refractivity contribution in [2.24, 2.45) is 5.73 Å². The first-order valence-corrected chi connectivity index (χ1v) is 14.3. The second-order valence-electron chi connectivity index (χ2n) is 11.9. The van der Waals surface area contributed by atoms with E-state index in [0.29, 0.717) is 23.5 Å². The molecule has 226 valence electrons. The normalized spacial score (nSPS) is 16.5. The minimum absolute atomic E-state index is 0.0344. The zero-order valence-corrected chi connectivity index (χ0v) is 24.4. The van der Waals surface area contributed by atoms with E-state index in [1.807, 2.05) is 32.9 Å². The lowest BCUT2D eigenvalue weighted by Crippen LogP contribution is -2.45. The Morgan fingerprint density at radius 3 is 2.36 bits per heavy atom. The standard InChI is InChI=1S/C31H40N4O7/c1-31(2,3)42-30(40)33-23-12-14-34(15-13-23)17-20-4-6-21(7-5-20)19-41-24-8-9-25-22(16-24)18-35(29(25)39)26(28(32)38)10-11-27(36)37/h4-9,16,23,26H,10-15,17-19H2,1-3H3,(H2,32,38)(H,33,40)(H,36,37)/t26-/m0/s1. The van der Waals surface area contributed by atoms with Gasteiger partial charge in [-0.15, -0.1) is 0 Å². The molecule has 3 amide bonds. The lowest BCUT2D eigenvalue weighted by molar-refractivity contribution is -0.137. The van der Waals surface area contributed by atoms with Gasteiger partial charge in [-0.05, 0) is 74.9 Å². The highest BCUT2D eigenvalue weighted by molar-refractivity contribution is 6.01. The Morgan fingerprint density at radius 2 is 1.74 bits per heavy atom. The van der Waals surface area contributed by atoms with Crippen molar-refractivity contribution in [3.05, 3.63) is 64.7 Å². The molecule has 1 atom stereocenters. The van der Waals surface area contributed by atoms with Crippen molar-refractivity contribution in [2.45, 2.75) is 83.8 Å². The van der Waals surface area contributed by atoms with Gasteiger partial charge in [0.05, 0.1) is 0 Å². The van der Waals surface area contributed by atoms with Crippen LogP contribution in [0.5, 0.6) is 5.75 Å². The molecule has 2 aliphatic heterocycles. The molecule has 4 N–H and O–H groups in total. The summed E-state index contributed by atoms with van der Waals surface area (Å²) >= 11 is 0. The molecular weight excluding hydrogens is 540 g/mol. The fourth-order valence-electron chi connectivity index (χ4n) is 5.25. The topological polar surface area (TPSA) is 152 Å². The van der Waals surface area contributed by atoms with Crippen LogP contribution in [0.25, 0.3) is 0 Å². The van der Waals surface area contributed by atoms with Crippen LogP contribution in [0.1, 0.15) is 73.5 Å². The maximum atomic E-state index is 12.9. The number of alkyl carbamates (subject to hydrolysis) is 1. The molecule has 0 aromatic heterocycles. The lowest BCUT2D eigenvalue weighted by Gasteiger charge is -2.32. The second kappa shape index (κ2) is 13.2. The fraction of sp³-hybridized carbons (Fsp3) is 0.484. The fourth-order valence-corrected chi connectivity index (χ4v) is 5.25. The van der Waals surface area contributed by atoms with Gasteiger partial charge in [-0.2, -0.15) is 0 Å². The van der Waals surface area contributed by atoms with E-state index in [1.54, 1.807) is 18.2 Å². The number of nitrogens with two attached hydrogens (primary N) is 1. The summed E-state index contributed by atoms with van der Waals surface area (Å²) in [7, 11) is 0. The first-order chi connectivity index (χ1) is 19.9. The van der Waals surface area contributed by atoms with Gasteiger partial charge in [0.2, 0.25) is 5.91 Å². The molecule has 4 rings (SSSR count). The molecule has 0 saturated carbocycles. The molecule has 0 bridgehead atoms. The Labute approximate surface area is 245 Å². The minimum atomic E-state index is -1.05. The number of nitrogens with zero attached hydrogens (tertiary/aromatic N) is 2. The van der Waals surface area contributed by atoms with Gasteiger partial charge in [-0.25, -0.2) is 4.79 Å². The minimum Gasteiger partial charge on any atom is -0.489 e. The van der Waals surface area contributed by atoms with Crippen molar-refractivity contribution in [1.29, 1.82) is 0 Å². The van der Waals surface area contributed by atoms with Crippen LogP contribution in [0.4, 0.5) is 4.79 Å². The Kier molecular flexibility index (Phi) is 9.72. The third kappa shape index (κ3) is 8.45. The summed E-state index contributed by atoms with van der Waals surface area (Å²) in [5.74, 6) is -1.53. The number of hydrogen-bond donors (Lipinski definition) is 3. The van der Waals surface area contributed by atoms with Crippen LogP contribution in [0.15, 0.2) is 42.5 Å². The van der Waals surface area contributed by atoms with E-state index < -0.39 is 23.5 Å². The van der Waals surface area contributed by atoms with E-state index in [2.05, 4.69) is 22.3 Å². The van der Waals surface area contributed by atoms with Crippen molar-refractivity contribution >= 4 is 23.9 Å². The van der Waals surface area contributed by atoms with E-state index >= 15 is 0 Å². The van der Waals surface area contributed by atoms with Crippen molar-refractivity contribution < 1.29 is 33.8 Å². The summed E-state index contributed by atoms with van der Waals surface area (Å²) < 4.78 is 11.3. The summed E-state index contributed by atoms with van der Waals surface area (Å²) in [4.78, 5) is 51.5. The zero-order valence-electron chi connectivity index (χ0n) is 24.4. The molecule has 0 spiro atoms. The monoisotopic (exact) mass is 580 g/mol. The summed E-state index contributed by atoms with van der Waals surface area (Å²) in [5.41, 5.74) is 8.32. The lowest BCUT2D eigenvalue weighted by atomic mass is 10.0. The quantitative estimate of drug-likeness (QED) is 0.366. The van der Waals surface area contributed by atoms with Crippen LogP contribution >= 0.6 is 0 Å². The highest BCUT2D eigenvalue weighted by Gasteiger charge is 2.35. The first-order valence-electron chi connectivity index (χ1n) is 14.3. The SMILES string of the molecule is CC(C)(C)OC(=O)NC1CCN(Cc2ccc(COc3ccc4c(c3)CN([C@@H](CCC(=O)O)C(N)=O)C4=O)cc2)CC1. The van der Waals surface area contributed by atoms with Crippen LogP contribution in [0.2, 0.25) is 0 Å². The number of hydrogen-bond acceptors (Lipinski definition) is 7. The number of nitrogens with one attached hydrogen (secondary N) is 1. The van der Waals surface area contributed by atoms with Crippen molar-refractivity contribution in [2.75, 3.05) is 13.1 Å². The molecule has 0 unspecified atom stereocenters. The van der Waals surface area contributed by atoms with Gasteiger partial charge in [0, 0.05) is 44.2 Å². The maximum Gasteiger partial charge on any atom is 0.407 e. The number of ether oxygens (including phenoxy) is 2. The number of fused-ring (bicyclic) bond motifs is 1. The van der Waals surface area contributed by atoms with Gasteiger partial charge in [0.15, 0.2) is 0 Å². The molecule has 11 heteroatoms. The molecule has 1 saturated heterocycles. The van der Waals surface area contributed by atoms with E-state index in [1.165, 1.54) is 10.5 Å². The van der Waals surface area contributed by atoms with Crippen LogP contribution in [0.3, 0.4) is 0 Å². The van der Waals surface area contributed by atoms with Gasteiger partial charge in [-0.3, -0.25) is 19.3 Å². The van der Waals surface area contributed by atoms with Gasteiger partial charge < -0.3 is 30.5 Å². The van der Waals surface area contributed by atoms with E-state index in [0.717, 1.165) is 38.0 Å². The average Bonchev–Trinajstić information content (AvgIpc) is 3.23. The Bertz CT molecular complexity index is 1300. The Morgan fingerprint density at radius 1 is 1.07 bits per heavy atom. The molecule has 1 fully saturated rings. The molecule has 0 radical (unpaired) electrons. The van der Waals surface area contributed by atoms with Crippen LogP contribution < -0.4 is 15.8 Å². The highest BCUT2D eigenvalue weighted by atomic mass is 16.6. The average molecular weight is 581 g/mol. The van der Waals surface area contributed by atoms with Gasteiger partial charge in [-0.1, -0.05) is 24.3 Å². The number of likely N-dealkylation sites (tertiary alicyclic amines) is 1. The van der Waals surface area contributed by atoms with Gasteiger partial charge in [0.1, 0.15) is 24.0 Å². The number of rotatable bonds is 11. The number of carboxylic acids is 1. The molecule has 2 heterocycles. The van der Waals surface area contributed by atoms with Crippen molar-refractivity contribution in [3.8, 4) is 5.75 Å². The Hall–Kier alpha value is -4.12. The predicted octanol–water partition coefficient (Wildman–Crippen LogP) is 3.43. The second-order valence-corrected chi connectivity index (χ2v) is 11.9. The number of piperidine rings is 1. The van der Waals surface area contributed by atoms with Crippen molar-refractivity contribution in [3.63, 3.8) is 0 Å². The summed E-state index contributed by atoms with van der Waals surface area (Å²) in [6, 6.07) is 12.5. The molecule has 2 aromatic carbocycles. The number of carbonyl (C=O) groups excluding carboxylic acids is 3. The third-order valence-corrected chi connectivity index (χ3v) is 7.39. The molecule has 2 aromatic rings. The summed E-state index contributed by atoms with van der Waals surface area (Å²) in [6.07, 6.45) is 1.10. The molecule has 42 heavy (non-hydrogen) atoms. The van der Waals surface area contributed by atoms with E-state index in [-0.39, 0.29) is 37.4 Å². The number of carbonyl (C=O) groups is 4. The largest absolute Gasteiger partial charge is 0.489 e. The zero-order chi connectivity index (χ0) is 30.4. The maximum absolute atomic E-state index is 12.9. The van der Waals surface area contributed by atoms with Crippen molar-refractivity contribution in [1.82, 2.24) is 15.1 Å². The van der Waals surface area contributed by atoms with E-state index in [9.17, 15) is 19.2 Å². The predicted molar refractivity (Wildman–Crippen MR) is 155 cm³/mol. The number of amides is 3. The Balaban J connectivity index is 1.24. The number of benzene rings is 2. The smallest absolute Gasteiger partial charge is 0.407 e. The highest BCUT2D eigenvalue weighted by Crippen LogP contribution is 2.30. The van der Waals surface area contributed by atoms with Gasteiger partial charge >= 0.3 is 12.1 Å². The van der Waals surface area contributed by atoms with Gasteiger partial charge in [0.25, 0.3) is 5.91 Å². The number of carboxylic acid groups (broad SMARTS) is 1. The van der Waals surface area contributed by atoms with Crippen LogP contribution in [0, 0.1) is 0 Å². The van der Waals surface area contributed by atoms with Crippen LogP contribution in [-0.2, 0) is 34.0 Å². The third-order valence-electron chi connectivity index (χ3n) is 7.39. The molecular formula is C31H40N4O7. The first kappa shape index (κ1) is 30.8. The number of aliphatic carboxylic acids is 1. The molecule has 11 nitrogen and oxygen atoms in total. The molecule has 0 aliphatic carbocycles. The number of primary amides is 1. The van der Waals surface area contributed by atoms with Crippen LogP contribution in [-0.4, -0.2) is 69.6 Å². The summed E-state index contributed by atoms with van der Waals surface area (Å²) in [5, 5.41) is 11.9. The summed E-state index contributed by atoms with van der Waals surface area (Å²) in [6.45, 7) is 8.70. The molecule has 2 aliphatic rings. The van der Waals surface area contributed by atoms with E-state index in [4.69, 9.17) is 20.3 Å².